The van der Waals surface area contributed by atoms with Crippen LogP contribution in [0.15, 0.2) is 12.2 Å². The fourth-order valence-corrected chi connectivity index (χ4v) is 0.561. The molecular weight excluding hydrogens is 112 g/mol. The van der Waals surface area contributed by atoms with Gasteiger partial charge in [0.2, 0.25) is 0 Å². The van der Waals surface area contributed by atoms with E-state index in [1.54, 1.807) is 0 Å². The maximum Gasteiger partial charge on any atom is 0.120 e. The van der Waals surface area contributed by atoms with Crippen LogP contribution >= 0.6 is 0 Å². The maximum absolute atomic E-state index is 8.97. The van der Waals surface area contributed by atoms with Crippen molar-refractivity contribution in [2.45, 2.75) is 20.0 Å². The second kappa shape index (κ2) is 4.17. The van der Waals surface area contributed by atoms with Gasteiger partial charge in [0.05, 0.1) is 0 Å². The molecule has 0 heterocycles. The number of terminal acetylenes is 1. The van der Waals surface area contributed by atoms with Gasteiger partial charge in [0.1, 0.15) is 6.10 Å². The Kier molecular flexibility index (Phi) is 3.83. The number of hydrogen-bond acceptors (Lipinski definition) is 1. The van der Waals surface area contributed by atoms with Crippen LogP contribution in [-0.4, -0.2) is 11.2 Å². The molecule has 0 radical (unpaired) electrons. The first kappa shape index (κ1) is 8.26. The monoisotopic (exact) mass is 124 g/mol. The zero-order chi connectivity index (χ0) is 7.28. The van der Waals surface area contributed by atoms with Gasteiger partial charge in [-0.25, -0.2) is 0 Å². The van der Waals surface area contributed by atoms with E-state index in [0.717, 1.165) is 0 Å². The van der Waals surface area contributed by atoms with Crippen LogP contribution in [-0.2, 0) is 0 Å². The summed E-state index contributed by atoms with van der Waals surface area (Å²) in [6, 6.07) is 0. The Morgan fingerprint density at radius 3 is 2.56 bits per heavy atom. The van der Waals surface area contributed by atoms with E-state index in [4.69, 9.17) is 11.5 Å². The Bertz CT molecular complexity index is 130. The summed E-state index contributed by atoms with van der Waals surface area (Å²) < 4.78 is 0. The summed E-state index contributed by atoms with van der Waals surface area (Å²) in [6.45, 7) is 3.78. The Morgan fingerprint density at radius 1 is 1.67 bits per heavy atom. The lowest BCUT2D eigenvalue weighted by molar-refractivity contribution is 0.195. The lowest BCUT2D eigenvalue weighted by Crippen LogP contribution is -2.11. The Balaban J connectivity index is 3.75. The van der Waals surface area contributed by atoms with Crippen molar-refractivity contribution in [1.29, 1.82) is 0 Å². The third-order valence-electron chi connectivity index (χ3n) is 1.16. The molecule has 0 rings (SSSR count). The molecule has 0 aliphatic rings. The van der Waals surface area contributed by atoms with E-state index >= 15 is 0 Å². The SMILES string of the molecule is C#C[C@H](O)[C@H](C)C=CC. The molecule has 0 unspecified atom stereocenters. The zero-order valence-corrected chi connectivity index (χ0v) is 5.83. The lowest BCUT2D eigenvalue weighted by Gasteiger charge is -2.06. The third-order valence-corrected chi connectivity index (χ3v) is 1.16. The predicted molar refractivity (Wildman–Crippen MR) is 38.8 cm³/mol. The van der Waals surface area contributed by atoms with Crippen molar-refractivity contribution in [1.82, 2.24) is 0 Å². The van der Waals surface area contributed by atoms with Crippen molar-refractivity contribution in [3.8, 4) is 12.3 Å². The zero-order valence-electron chi connectivity index (χ0n) is 5.83. The van der Waals surface area contributed by atoms with Gasteiger partial charge < -0.3 is 5.11 Å². The average Bonchev–Trinajstić information content (AvgIpc) is 1.87. The van der Waals surface area contributed by atoms with Crippen LogP contribution in [0.3, 0.4) is 0 Å². The lowest BCUT2D eigenvalue weighted by atomic mass is 10.1. The molecule has 0 bridgehead atoms. The summed E-state index contributed by atoms with van der Waals surface area (Å²) in [6.07, 6.45) is 8.09. The van der Waals surface area contributed by atoms with Crippen molar-refractivity contribution in [2.75, 3.05) is 0 Å². The van der Waals surface area contributed by atoms with Crippen LogP contribution in [0.5, 0.6) is 0 Å². The fourth-order valence-electron chi connectivity index (χ4n) is 0.561. The first-order valence-corrected chi connectivity index (χ1v) is 2.99. The first-order chi connectivity index (χ1) is 4.22. The van der Waals surface area contributed by atoms with Gasteiger partial charge >= 0.3 is 0 Å². The van der Waals surface area contributed by atoms with Crippen LogP contribution in [0.2, 0.25) is 0 Å². The molecule has 1 nitrogen and oxygen atoms in total. The van der Waals surface area contributed by atoms with E-state index in [-0.39, 0.29) is 5.92 Å². The number of aliphatic hydroxyl groups excluding tert-OH is 1. The highest BCUT2D eigenvalue weighted by Crippen LogP contribution is 2.02. The smallest absolute Gasteiger partial charge is 0.120 e. The quantitative estimate of drug-likeness (QED) is 0.433. The van der Waals surface area contributed by atoms with E-state index in [2.05, 4.69) is 5.92 Å². The minimum Gasteiger partial charge on any atom is -0.380 e. The molecule has 0 aliphatic carbocycles. The highest BCUT2D eigenvalue weighted by atomic mass is 16.3. The third kappa shape index (κ3) is 2.94. The summed E-state index contributed by atoms with van der Waals surface area (Å²) >= 11 is 0. The number of allylic oxidation sites excluding steroid dienone is 1. The molecule has 1 heteroatoms. The molecule has 0 aromatic carbocycles. The van der Waals surface area contributed by atoms with Gasteiger partial charge in [-0.1, -0.05) is 25.0 Å². The molecular formula is C8H12O. The van der Waals surface area contributed by atoms with Gasteiger partial charge in [0, 0.05) is 5.92 Å². The fraction of sp³-hybridized carbons (Fsp3) is 0.500. The second-order valence-corrected chi connectivity index (χ2v) is 2.00. The Labute approximate surface area is 56.4 Å². The van der Waals surface area contributed by atoms with Crippen LogP contribution in [0.25, 0.3) is 0 Å². The summed E-state index contributed by atoms with van der Waals surface area (Å²) in [5, 5.41) is 8.97. The molecule has 0 amide bonds. The molecule has 0 aromatic heterocycles. The molecule has 2 atom stereocenters. The van der Waals surface area contributed by atoms with Gasteiger partial charge in [-0.2, -0.15) is 0 Å². The minimum atomic E-state index is -0.638. The van der Waals surface area contributed by atoms with Crippen molar-refractivity contribution in [3.63, 3.8) is 0 Å². The first-order valence-electron chi connectivity index (χ1n) is 2.99. The Morgan fingerprint density at radius 2 is 2.22 bits per heavy atom. The van der Waals surface area contributed by atoms with Crippen molar-refractivity contribution < 1.29 is 5.11 Å². The summed E-state index contributed by atoms with van der Waals surface area (Å²) in [5.74, 6) is 2.32. The van der Waals surface area contributed by atoms with Gasteiger partial charge in [0.15, 0.2) is 0 Å². The van der Waals surface area contributed by atoms with Gasteiger partial charge in [-0.3, -0.25) is 0 Å². The summed E-state index contributed by atoms with van der Waals surface area (Å²) in [7, 11) is 0. The molecule has 0 saturated heterocycles. The highest BCUT2D eigenvalue weighted by Gasteiger charge is 2.04. The number of rotatable bonds is 2. The van der Waals surface area contributed by atoms with Crippen LogP contribution in [0.1, 0.15) is 13.8 Å². The van der Waals surface area contributed by atoms with Crippen LogP contribution in [0, 0.1) is 18.3 Å². The largest absolute Gasteiger partial charge is 0.380 e. The maximum atomic E-state index is 8.97. The predicted octanol–water partition coefficient (Wildman–Crippen LogP) is 1.19. The molecule has 0 aliphatic heterocycles. The van der Waals surface area contributed by atoms with Crippen LogP contribution < -0.4 is 0 Å². The molecule has 0 aromatic rings. The topological polar surface area (TPSA) is 20.2 Å². The number of aliphatic hydroxyl groups is 1. The summed E-state index contributed by atoms with van der Waals surface area (Å²) in [4.78, 5) is 0. The molecule has 0 spiro atoms. The average molecular weight is 124 g/mol. The Hall–Kier alpha value is -0.740. The van der Waals surface area contributed by atoms with E-state index in [1.165, 1.54) is 0 Å². The molecule has 50 valence electrons. The van der Waals surface area contributed by atoms with Gasteiger partial charge in [-0.15, -0.1) is 6.42 Å². The van der Waals surface area contributed by atoms with Crippen molar-refractivity contribution in [3.05, 3.63) is 12.2 Å². The van der Waals surface area contributed by atoms with Crippen molar-refractivity contribution in [2.24, 2.45) is 5.92 Å². The van der Waals surface area contributed by atoms with Gasteiger partial charge in [0.25, 0.3) is 0 Å². The van der Waals surface area contributed by atoms with E-state index in [9.17, 15) is 0 Å². The van der Waals surface area contributed by atoms with E-state index in [0.29, 0.717) is 0 Å². The minimum absolute atomic E-state index is 0.0694. The summed E-state index contributed by atoms with van der Waals surface area (Å²) in [5.41, 5.74) is 0. The standard InChI is InChI=1S/C8H12O/c1-4-6-7(3)8(9)5-2/h2,4,6-9H,1,3H3/t7-,8+/m1/s1. The molecule has 0 fully saturated rings. The van der Waals surface area contributed by atoms with Gasteiger partial charge in [-0.05, 0) is 6.92 Å². The van der Waals surface area contributed by atoms with Crippen molar-refractivity contribution >= 4 is 0 Å². The van der Waals surface area contributed by atoms with E-state index < -0.39 is 6.10 Å². The highest BCUT2D eigenvalue weighted by molar-refractivity contribution is 5.01. The molecule has 9 heavy (non-hydrogen) atoms. The van der Waals surface area contributed by atoms with E-state index in [1.807, 2.05) is 26.0 Å². The molecule has 1 N–H and O–H groups in total. The van der Waals surface area contributed by atoms with Crippen LogP contribution in [0.4, 0.5) is 0 Å². The molecule has 0 saturated carbocycles. The number of hydrogen-bond donors (Lipinski definition) is 1. The second-order valence-electron chi connectivity index (χ2n) is 2.00. The normalized spacial score (nSPS) is 17.1.